The smallest absolute Gasteiger partial charge is 0.293 e. The van der Waals surface area contributed by atoms with E-state index in [0.717, 1.165) is 43.0 Å². The molecule has 0 N–H and O–H groups in total. The molecule has 0 aromatic heterocycles. The number of rotatable bonds is 7. The lowest BCUT2D eigenvalue weighted by Gasteiger charge is -2.25. The van der Waals surface area contributed by atoms with Crippen molar-refractivity contribution in [1.82, 2.24) is 4.90 Å². The highest BCUT2D eigenvalue weighted by molar-refractivity contribution is 8.18. The number of carbonyl (C=O) groups excluding carboxylic acids is 2. The molecule has 0 bridgehead atoms. The highest BCUT2D eigenvalue weighted by Gasteiger charge is 2.36. The molecule has 180 valence electrons. The maximum Gasteiger partial charge on any atom is 0.293 e. The van der Waals surface area contributed by atoms with E-state index in [4.69, 9.17) is 44.3 Å². The average Bonchev–Trinajstić information content (AvgIpc) is 3.07. The van der Waals surface area contributed by atoms with Crippen LogP contribution in [0.1, 0.15) is 43.2 Å². The zero-order valence-corrected chi connectivity index (χ0v) is 21.7. The van der Waals surface area contributed by atoms with Gasteiger partial charge in [0, 0.05) is 22.2 Å². The maximum atomic E-state index is 12.9. The summed E-state index contributed by atoms with van der Waals surface area (Å²) in [6, 6.07) is 8.56. The van der Waals surface area contributed by atoms with Gasteiger partial charge in [-0.25, -0.2) is 0 Å². The van der Waals surface area contributed by atoms with Gasteiger partial charge in [0.05, 0.1) is 17.0 Å². The van der Waals surface area contributed by atoms with Crippen LogP contribution in [0.3, 0.4) is 0 Å². The topological polar surface area (TPSA) is 55.8 Å². The monoisotopic (exact) mass is 539 g/mol. The van der Waals surface area contributed by atoms with Crippen LogP contribution >= 0.6 is 46.6 Å². The van der Waals surface area contributed by atoms with Gasteiger partial charge < -0.3 is 9.47 Å². The summed E-state index contributed by atoms with van der Waals surface area (Å²) in [7, 11) is 1.51. The van der Waals surface area contributed by atoms with Crippen LogP contribution < -0.4 is 9.47 Å². The quantitative estimate of drug-likeness (QED) is 0.335. The van der Waals surface area contributed by atoms with Gasteiger partial charge in [-0.05, 0) is 66.4 Å². The normalized spacial score (nSPS) is 18.1. The van der Waals surface area contributed by atoms with Crippen molar-refractivity contribution in [2.24, 2.45) is 5.92 Å². The van der Waals surface area contributed by atoms with Crippen LogP contribution in [0.4, 0.5) is 4.79 Å². The molecule has 1 aliphatic carbocycles. The molecule has 0 radical (unpaired) electrons. The number of carbonyl (C=O) groups is 2. The van der Waals surface area contributed by atoms with Gasteiger partial charge in [0.1, 0.15) is 6.61 Å². The molecule has 0 unspecified atom stereocenters. The molecule has 1 saturated heterocycles. The first-order valence-corrected chi connectivity index (χ1v) is 13.0. The van der Waals surface area contributed by atoms with E-state index in [2.05, 4.69) is 0 Å². The lowest BCUT2D eigenvalue weighted by Crippen LogP contribution is -2.34. The van der Waals surface area contributed by atoms with Crippen molar-refractivity contribution in [2.75, 3.05) is 13.7 Å². The minimum Gasteiger partial charge on any atom is -0.493 e. The summed E-state index contributed by atoms with van der Waals surface area (Å²) in [5.41, 5.74) is 1.39. The first kappa shape index (κ1) is 25.2. The number of ether oxygens (including phenoxy) is 2. The first-order chi connectivity index (χ1) is 16.4. The van der Waals surface area contributed by atoms with E-state index in [-0.39, 0.29) is 17.8 Å². The number of imide groups is 1. The Labute approximate surface area is 218 Å². The largest absolute Gasteiger partial charge is 0.493 e. The molecule has 2 fully saturated rings. The molecule has 9 heteroatoms. The molecule has 0 atom stereocenters. The highest BCUT2D eigenvalue weighted by Crippen LogP contribution is 2.40. The second kappa shape index (κ2) is 11.3. The fourth-order valence-electron chi connectivity index (χ4n) is 4.19. The second-order valence-corrected chi connectivity index (χ2v) is 10.6. The summed E-state index contributed by atoms with van der Waals surface area (Å²) < 4.78 is 11.4. The van der Waals surface area contributed by atoms with Gasteiger partial charge in [0.15, 0.2) is 11.5 Å². The van der Waals surface area contributed by atoms with Gasteiger partial charge >= 0.3 is 0 Å². The standard InChI is InChI=1S/C25H24Cl3NO4S/c1-32-21-10-16(9-20(28)23(21)33-14-17-7-8-18(26)12-19(17)27)11-22-24(30)29(25(31)34-22)13-15-5-3-2-4-6-15/h7-12,15H,2-6,13-14H2,1H3/b22-11+. The molecule has 1 heterocycles. The Morgan fingerprint density at radius 2 is 1.82 bits per heavy atom. The van der Waals surface area contributed by atoms with Gasteiger partial charge in [0.2, 0.25) is 0 Å². The Balaban J connectivity index is 1.50. The van der Waals surface area contributed by atoms with Crippen molar-refractivity contribution < 1.29 is 19.1 Å². The Bertz CT molecular complexity index is 1130. The number of benzene rings is 2. The third kappa shape index (κ3) is 5.85. The number of methoxy groups -OCH3 is 1. The summed E-state index contributed by atoms with van der Waals surface area (Å²) >= 11 is 19.6. The van der Waals surface area contributed by atoms with Crippen LogP contribution in [-0.2, 0) is 11.4 Å². The number of nitrogens with zero attached hydrogens (tertiary/aromatic N) is 1. The van der Waals surface area contributed by atoms with E-state index in [1.165, 1.54) is 18.4 Å². The molecule has 2 aromatic carbocycles. The molecular formula is C25H24Cl3NO4S. The molecule has 2 aliphatic rings. The molecular weight excluding hydrogens is 517 g/mol. The number of thioether (sulfide) groups is 1. The Hall–Kier alpha value is -1.86. The van der Waals surface area contributed by atoms with Crippen molar-refractivity contribution in [3.05, 3.63) is 61.4 Å². The fourth-order valence-corrected chi connectivity index (χ4v) is 5.77. The van der Waals surface area contributed by atoms with Crippen molar-refractivity contribution >= 4 is 63.8 Å². The number of hydrogen-bond donors (Lipinski definition) is 0. The Morgan fingerprint density at radius 1 is 1.06 bits per heavy atom. The van der Waals surface area contributed by atoms with E-state index in [1.807, 2.05) is 0 Å². The van der Waals surface area contributed by atoms with E-state index < -0.39 is 0 Å². The van der Waals surface area contributed by atoms with Crippen molar-refractivity contribution in [3.63, 3.8) is 0 Å². The SMILES string of the molecule is COc1cc(/C=C2/SC(=O)N(CC3CCCCC3)C2=O)cc(Cl)c1OCc1ccc(Cl)cc1Cl. The second-order valence-electron chi connectivity index (χ2n) is 8.35. The molecule has 2 aromatic rings. The highest BCUT2D eigenvalue weighted by atomic mass is 35.5. The van der Waals surface area contributed by atoms with Gasteiger partial charge in [0.25, 0.3) is 11.1 Å². The van der Waals surface area contributed by atoms with Gasteiger partial charge in [-0.2, -0.15) is 0 Å². The molecule has 2 amide bonds. The van der Waals surface area contributed by atoms with E-state index >= 15 is 0 Å². The third-order valence-electron chi connectivity index (χ3n) is 5.98. The van der Waals surface area contributed by atoms with Gasteiger partial charge in [-0.3, -0.25) is 14.5 Å². The van der Waals surface area contributed by atoms with Crippen LogP contribution in [0.5, 0.6) is 11.5 Å². The third-order valence-corrected chi connectivity index (χ3v) is 7.75. The first-order valence-electron chi connectivity index (χ1n) is 11.1. The summed E-state index contributed by atoms with van der Waals surface area (Å²) in [6.45, 7) is 0.664. The van der Waals surface area contributed by atoms with Crippen molar-refractivity contribution in [1.29, 1.82) is 0 Å². The van der Waals surface area contributed by atoms with E-state index in [0.29, 0.717) is 49.5 Å². The number of halogens is 3. The number of hydrogen-bond acceptors (Lipinski definition) is 5. The van der Waals surface area contributed by atoms with Crippen LogP contribution in [0.25, 0.3) is 6.08 Å². The zero-order valence-electron chi connectivity index (χ0n) is 18.6. The molecule has 4 rings (SSSR count). The van der Waals surface area contributed by atoms with Crippen molar-refractivity contribution in [3.8, 4) is 11.5 Å². The van der Waals surface area contributed by atoms with Gasteiger partial charge in [-0.15, -0.1) is 0 Å². The summed E-state index contributed by atoms with van der Waals surface area (Å²) in [5, 5.41) is 1.12. The molecule has 1 aliphatic heterocycles. The summed E-state index contributed by atoms with van der Waals surface area (Å²) in [5.74, 6) is 0.901. The summed E-state index contributed by atoms with van der Waals surface area (Å²) in [6.07, 6.45) is 7.35. The average molecular weight is 541 g/mol. The van der Waals surface area contributed by atoms with Crippen LogP contribution in [0.15, 0.2) is 35.2 Å². The van der Waals surface area contributed by atoms with Crippen LogP contribution in [0.2, 0.25) is 15.1 Å². The molecule has 5 nitrogen and oxygen atoms in total. The molecule has 34 heavy (non-hydrogen) atoms. The van der Waals surface area contributed by atoms with Gasteiger partial charge in [-0.1, -0.05) is 60.1 Å². The van der Waals surface area contributed by atoms with Crippen molar-refractivity contribution in [2.45, 2.75) is 38.7 Å². The maximum absolute atomic E-state index is 12.9. The molecule has 1 saturated carbocycles. The minimum absolute atomic E-state index is 0.172. The Kier molecular flexibility index (Phi) is 8.35. The lowest BCUT2D eigenvalue weighted by molar-refractivity contribution is -0.123. The van der Waals surface area contributed by atoms with E-state index in [9.17, 15) is 9.59 Å². The van der Waals surface area contributed by atoms with E-state index in [1.54, 1.807) is 36.4 Å². The lowest BCUT2D eigenvalue weighted by atomic mass is 9.89. The molecule has 0 spiro atoms. The summed E-state index contributed by atoms with van der Waals surface area (Å²) in [4.78, 5) is 27.2. The fraction of sp³-hybridized carbons (Fsp3) is 0.360. The predicted molar refractivity (Wildman–Crippen MR) is 138 cm³/mol. The minimum atomic E-state index is -0.256. The predicted octanol–water partition coefficient (Wildman–Crippen LogP) is 7.85. The van der Waals surface area contributed by atoms with Crippen LogP contribution in [0, 0.1) is 5.92 Å². The van der Waals surface area contributed by atoms with Crippen LogP contribution in [-0.4, -0.2) is 29.7 Å². The zero-order chi connectivity index (χ0) is 24.2. The number of amides is 2. The Morgan fingerprint density at radius 3 is 2.53 bits per heavy atom.